The minimum absolute atomic E-state index is 0.153. The van der Waals surface area contributed by atoms with Crippen LogP contribution in [0.25, 0.3) is 0 Å². The standard InChI is InChI=1S/C24H24ClNO3/c1-22(2)23(3)11-12-24(22,14-19(23)27)21(29)26-18-10-9-16(25)13-17(18)20(28)15-7-5-4-6-8-15/h4-10,13H,11-12,14H2,1-3H3,(H,26,29)/t23-,24-/m0/s1. The number of ketones is 2. The van der Waals surface area contributed by atoms with Gasteiger partial charge in [-0.2, -0.15) is 0 Å². The summed E-state index contributed by atoms with van der Waals surface area (Å²) in [6.07, 6.45) is 1.63. The zero-order valence-corrected chi connectivity index (χ0v) is 17.6. The molecule has 2 fully saturated rings. The molecule has 2 aliphatic rings. The molecule has 0 saturated heterocycles. The average Bonchev–Trinajstić information content (AvgIpc) is 3.00. The number of carbonyl (C=O) groups excluding carboxylic acids is 3. The number of hydrogen-bond donors (Lipinski definition) is 1. The first-order valence-electron chi connectivity index (χ1n) is 9.86. The lowest BCUT2D eigenvalue weighted by Gasteiger charge is -2.38. The molecule has 5 heteroatoms. The maximum Gasteiger partial charge on any atom is 0.231 e. The third-order valence-corrected chi connectivity index (χ3v) is 7.89. The van der Waals surface area contributed by atoms with Gasteiger partial charge < -0.3 is 5.32 Å². The van der Waals surface area contributed by atoms with Crippen molar-refractivity contribution in [2.75, 3.05) is 5.32 Å². The second-order valence-electron chi connectivity index (χ2n) is 8.98. The van der Waals surface area contributed by atoms with Crippen molar-refractivity contribution in [3.8, 4) is 0 Å². The molecule has 2 bridgehead atoms. The number of amides is 1. The van der Waals surface area contributed by atoms with E-state index < -0.39 is 16.2 Å². The van der Waals surface area contributed by atoms with Crippen molar-refractivity contribution < 1.29 is 14.4 Å². The Hall–Kier alpha value is -2.46. The predicted molar refractivity (Wildman–Crippen MR) is 113 cm³/mol. The van der Waals surface area contributed by atoms with Crippen LogP contribution in [-0.4, -0.2) is 17.5 Å². The van der Waals surface area contributed by atoms with Gasteiger partial charge in [0.05, 0.1) is 11.1 Å². The third-order valence-electron chi connectivity index (χ3n) is 7.65. The van der Waals surface area contributed by atoms with Gasteiger partial charge in [-0.15, -0.1) is 0 Å². The molecule has 2 aliphatic carbocycles. The van der Waals surface area contributed by atoms with Gasteiger partial charge in [0, 0.05) is 28.0 Å². The lowest BCUT2D eigenvalue weighted by molar-refractivity contribution is -0.131. The summed E-state index contributed by atoms with van der Waals surface area (Å²) in [5.41, 5.74) is -0.397. The van der Waals surface area contributed by atoms with Gasteiger partial charge in [0.25, 0.3) is 0 Å². The first-order valence-corrected chi connectivity index (χ1v) is 10.2. The molecule has 0 heterocycles. The summed E-state index contributed by atoms with van der Waals surface area (Å²) < 4.78 is 0. The van der Waals surface area contributed by atoms with Crippen molar-refractivity contribution in [2.45, 2.75) is 40.0 Å². The van der Waals surface area contributed by atoms with Gasteiger partial charge in [-0.25, -0.2) is 0 Å². The van der Waals surface area contributed by atoms with Crippen LogP contribution < -0.4 is 5.32 Å². The molecule has 4 rings (SSSR count). The molecule has 0 unspecified atom stereocenters. The molecule has 2 saturated carbocycles. The van der Waals surface area contributed by atoms with E-state index in [0.717, 1.165) is 0 Å². The summed E-state index contributed by atoms with van der Waals surface area (Å²) >= 11 is 6.15. The van der Waals surface area contributed by atoms with Crippen molar-refractivity contribution in [3.05, 3.63) is 64.7 Å². The Morgan fingerprint density at radius 2 is 1.69 bits per heavy atom. The van der Waals surface area contributed by atoms with E-state index >= 15 is 0 Å². The SMILES string of the molecule is CC1(C)[C@@]2(C(=O)Nc3ccc(Cl)cc3C(=O)c3ccccc3)CC[C@@]1(C)C(=O)C2. The largest absolute Gasteiger partial charge is 0.325 e. The smallest absolute Gasteiger partial charge is 0.231 e. The first kappa shape index (κ1) is 19.8. The van der Waals surface area contributed by atoms with Crippen LogP contribution in [0.1, 0.15) is 56.0 Å². The molecular weight excluding hydrogens is 386 g/mol. The number of carbonyl (C=O) groups is 3. The lowest BCUT2D eigenvalue weighted by atomic mass is 9.64. The quantitative estimate of drug-likeness (QED) is 0.697. The van der Waals surface area contributed by atoms with Crippen molar-refractivity contribution >= 4 is 34.8 Å². The molecule has 2 aromatic rings. The molecule has 4 nitrogen and oxygen atoms in total. The highest BCUT2D eigenvalue weighted by Gasteiger charge is 2.72. The Balaban J connectivity index is 1.70. The summed E-state index contributed by atoms with van der Waals surface area (Å²) in [7, 11) is 0. The van der Waals surface area contributed by atoms with E-state index in [4.69, 9.17) is 11.6 Å². The fraction of sp³-hybridized carbons (Fsp3) is 0.375. The first-order chi connectivity index (χ1) is 13.6. The number of anilines is 1. The number of nitrogens with one attached hydrogen (secondary N) is 1. The highest BCUT2D eigenvalue weighted by Crippen LogP contribution is 2.70. The molecule has 2 aromatic carbocycles. The zero-order chi connectivity index (χ0) is 21.0. The number of Topliss-reactive ketones (excluding diaryl/α,β-unsaturated/α-hetero) is 1. The van der Waals surface area contributed by atoms with E-state index in [2.05, 4.69) is 5.32 Å². The summed E-state index contributed by atoms with van der Waals surface area (Å²) in [5.74, 6) is -0.249. The van der Waals surface area contributed by atoms with Crippen LogP contribution in [0.5, 0.6) is 0 Å². The second-order valence-corrected chi connectivity index (χ2v) is 9.41. The van der Waals surface area contributed by atoms with E-state index in [1.807, 2.05) is 26.8 Å². The summed E-state index contributed by atoms with van der Waals surface area (Å²) in [6.45, 7) is 6.01. The van der Waals surface area contributed by atoms with E-state index in [1.165, 1.54) is 0 Å². The van der Waals surface area contributed by atoms with Crippen molar-refractivity contribution in [1.82, 2.24) is 0 Å². The van der Waals surface area contributed by atoms with Crippen LogP contribution in [0.2, 0.25) is 5.02 Å². The number of halogens is 1. The monoisotopic (exact) mass is 409 g/mol. The Labute approximate surface area is 175 Å². The van der Waals surface area contributed by atoms with E-state index in [9.17, 15) is 14.4 Å². The Kier molecular flexibility index (Phi) is 4.47. The van der Waals surface area contributed by atoms with Crippen LogP contribution in [0.4, 0.5) is 5.69 Å². The molecule has 150 valence electrons. The Bertz CT molecular complexity index is 1030. The fourth-order valence-electron chi connectivity index (χ4n) is 5.16. The average molecular weight is 410 g/mol. The minimum Gasteiger partial charge on any atom is -0.325 e. The van der Waals surface area contributed by atoms with Crippen LogP contribution in [0.15, 0.2) is 48.5 Å². The van der Waals surface area contributed by atoms with Gasteiger partial charge in [-0.1, -0.05) is 62.7 Å². The maximum atomic E-state index is 13.5. The molecule has 0 spiro atoms. The van der Waals surface area contributed by atoms with Gasteiger partial charge in [-0.3, -0.25) is 14.4 Å². The summed E-state index contributed by atoms with van der Waals surface area (Å²) in [6, 6.07) is 13.8. The maximum absolute atomic E-state index is 13.5. The van der Waals surface area contributed by atoms with Crippen LogP contribution in [0.3, 0.4) is 0 Å². The van der Waals surface area contributed by atoms with Gasteiger partial charge in [-0.05, 0) is 36.5 Å². The van der Waals surface area contributed by atoms with E-state index in [0.29, 0.717) is 34.7 Å². The van der Waals surface area contributed by atoms with E-state index in [-0.39, 0.29) is 23.9 Å². The predicted octanol–water partition coefficient (Wildman–Crippen LogP) is 5.30. The minimum atomic E-state index is -0.758. The van der Waals surface area contributed by atoms with E-state index in [1.54, 1.807) is 42.5 Å². The topological polar surface area (TPSA) is 63.2 Å². The van der Waals surface area contributed by atoms with Gasteiger partial charge in [0.1, 0.15) is 5.78 Å². The Morgan fingerprint density at radius 3 is 2.28 bits per heavy atom. The van der Waals surface area contributed by atoms with Crippen molar-refractivity contribution in [1.29, 1.82) is 0 Å². The van der Waals surface area contributed by atoms with Crippen molar-refractivity contribution in [3.63, 3.8) is 0 Å². The van der Waals surface area contributed by atoms with Crippen LogP contribution in [0, 0.1) is 16.2 Å². The molecule has 0 aliphatic heterocycles. The zero-order valence-electron chi connectivity index (χ0n) is 16.8. The molecule has 1 N–H and O–H groups in total. The normalized spacial score (nSPS) is 27.1. The second kappa shape index (κ2) is 6.53. The number of hydrogen-bond acceptors (Lipinski definition) is 3. The molecule has 0 radical (unpaired) electrons. The molecule has 0 aromatic heterocycles. The highest BCUT2D eigenvalue weighted by molar-refractivity contribution is 6.31. The summed E-state index contributed by atoms with van der Waals surface area (Å²) in [5, 5.41) is 3.39. The van der Waals surface area contributed by atoms with Crippen LogP contribution >= 0.6 is 11.6 Å². The Morgan fingerprint density at radius 1 is 1.00 bits per heavy atom. The molecular formula is C24H24ClNO3. The van der Waals surface area contributed by atoms with Gasteiger partial charge in [0.15, 0.2) is 5.78 Å². The number of rotatable bonds is 4. The lowest BCUT2D eigenvalue weighted by Crippen LogP contribution is -2.43. The molecule has 2 atom stereocenters. The molecule has 29 heavy (non-hydrogen) atoms. The fourth-order valence-corrected chi connectivity index (χ4v) is 5.33. The van der Waals surface area contributed by atoms with Crippen molar-refractivity contribution in [2.24, 2.45) is 16.2 Å². The van der Waals surface area contributed by atoms with Gasteiger partial charge in [0.2, 0.25) is 5.91 Å². The number of benzene rings is 2. The number of fused-ring (bicyclic) bond motifs is 2. The summed E-state index contributed by atoms with van der Waals surface area (Å²) in [4.78, 5) is 39.2. The van der Waals surface area contributed by atoms with Gasteiger partial charge >= 0.3 is 0 Å². The van der Waals surface area contributed by atoms with Crippen LogP contribution in [-0.2, 0) is 9.59 Å². The third kappa shape index (κ3) is 2.69. The highest BCUT2D eigenvalue weighted by atomic mass is 35.5. The molecule has 1 amide bonds.